The summed E-state index contributed by atoms with van der Waals surface area (Å²) in [7, 11) is 0. The standard InChI is InChI=1S/C21H22N6/c1-4-26-21(18-7-8-20-13(2)23-14(3)27(20)25-18)11-19(24-26)17-10-16(17)15-6-5-9-22-12-15/h5-9,11-12,16-17H,4,10H2,1-3H3. The van der Waals surface area contributed by atoms with E-state index in [1.807, 2.05) is 36.8 Å². The first kappa shape index (κ1) is 16.2. The summed E-state index contributed by atoms with van der Waals surface area (Å²) in [6.45, 7) is 6.95. The fourth-order valence-corrected chi connectivity index (χ4v) is 3.98. The van der Waals surface area contributed by atoms with E-state index in [4.69, 9.17) is 10.2 Å². The van der Waals surface area contributed by atoms with E-state index in [1.165, 1.54) is 5.56 Å². The number of nitrogens with zero attached hydrogens (tertiary/aromatic N) is 6. The van der Waals surface area contributed by atoms with Crippen LogP contribution in [0.25, 0.3) is 16.9 Å². The van der Waals surface area contributed by atoms with E-state index in [0.717, 1.165) is 47.1 Å². The van der Waals surface area contributed by atoms with Gasteiger partial charge in [0, 0.05) is 24.9 Å². The highest BCUT2D eigenvalue weighted by atomic mass is 15.3. The van der Waals surface area contributed by atoms with Gasteiger partial charge >= 0.3 is 0 Å². The largest absolute Gasteiger partial charge is 0.264 e. The number of hydrogen-bond acceptors (Lipinski definition) is 4. The molecular weight excluding hydrogens is 336 g/mol. The van der Waals surface area contributed by atoms with Crippen LogP contribution in [0, 0.1) is 13.8 Å². The lowest BCUT2D eigenvalue weighted by Gasteiger charge is -2.05. The molecule has 1 saturated carbocycles. The van der Waals surface area contributed by atoms with Crippen LogP contribution in [0.4, 0.5) is 0 Å². The molecule has 1 aliphatic carbocycles. The van der Waals surface area contributed by atoms with Gasteiger partial charge < -0.3 is 0 Å². The molecule has 136 valence electrons. The Morgan fingerprint density at radius 3 is 2.78 bits per heavy atom. The molecule has 2 atom stereocenters. The Morgan fingerprint density at radius 2 is 2.00 bits per heavy atom. The Bertz CT molecular complexity index is 1120. The zero-order valence-electron chi connectivity index (χ0n) is 15.8. The fraction of sp³-hybridized carbons (Fsp3) is 0.333. The van der Waals surface area contributed by atoms with Gasteiger partial charge in [0.25, 0.3) is 0 Å². The summed E-state index contributed by atoms with van der Waals surface area (Å²) in [5.41, 5.74) is 6.52. The second-order valence-corrected chi connectivity index (χ2v) is 7.27. The van der Waals surface area contributed by atoms with Crippen molar-refractivity contribution in [2.75, 3.05) is 0 Å². The Labute approximate surface area is 157 Å². The molecule has 6 nitrogen and oxygen atoms in total. The molecule has 0 radical (unpaired) electrons. The van der Waals surface area contributed by atoms with E-state index in [9.17, 15) is 0 Å². The minimum atomic E-state index is 0.474. The van der Waals surface area contributed by atoms with Gasteiger partial charge in [-0.1, -0.05) is 6.07 Å². The topological polar surface area (TPSA) is 60.9 Å². The van der Waals surface area contributed by atoms with Crippen LogP contribution in [0.5, 0.6) is 0 Å². The monoisotopic (exact) mass is 358 g/mol. The van der Waals surface area contributed by atoms with E-state index in [-0.39, 0.29) is 0 Å². The SMILES string of the molecule is CCn1nc(C2CC2c2cccnc2)cc1-c1ccc2c(C)nc(C)n2n1. The van der Waals surface area contributed by atoms with Gasteiger partial charge in [-0.2, -0.15) is 10.2 Å². The Hall–Kier alpha value is -3.02. The summed E-state index contributed by atoms with van der Waals surface area (Å²) < 4.78 is 3.98. The van der Waals surface area contributed by atoms with Crippen molar-refractivity contribution in [2.45, 2.75) is 45.6 Å². The molecule has 4 aromatic heterocycles. The minimum absolute atomic E-state index is 0.474. The lowest BCUT2D eigenvalue weighted by Crippen LogP contribution is -2.03. The number of pyridine rings is 1. The predicted octanol–water partition coefficient (Wildman–Crippen LogP) is 3.90. The highest BCUT2D eigenvalue weighted by molar-refractivity contribution is 5.61. The number of hydrogen-bond donors (Lipinski definition) is 0. The van der Waals surface area contributed by atoms with Crippen LogP contribution in [0.15, 0.2) is 42.7 Å². The first-order valence-corrected chi connectivity index (χ1v) is 9.46. The van der Waals surface area contributed by atoms with Gasteiger partial charge in [0.15, 0.2) is 0 Å². The van der Waals surface area contributed by atoms with Crippen molar-refractivity contribution in [3.05, 3.63) is 65.5 Å². The molecule has 27 heavy (non-hydrogen) atoms. The second kappa shape index (κ2) is 6.01. The van der Waals surface area contributed by atoms with E-state index < -0.39 is 0 Å². The smallest absolute Gasteiger partial charge is 0.127 e. The molecule has 0 amide bonds. The van der Waals surface area contributed by atoms with Crippen molar-refractivity contribution in [1.82, 2.24) is 29.4 Å². The van der Waals surface area contributed by atoms with Crippen LogP contribution in [0.1, 0.15) is 48.0 Å². The molecule has 1 fully saturated rings. The van der Waals surface area contributed by atoms with Crippen LogP contribution in [-0.4, -0.2) is 29.4 Å². The molecule has 2 unspecified atom stereocenters. The molecule has 0 spiro atoms. The van der Waals surface area contributed by atoms with Gasteiger partial charge in [-0.15, -0.1) is 0 Å². The fourth-order valence-electron chi connectivity index (χ4n) is 3.98. The third kappa shape index (κ3) is 2.63. The summed E-state index contributed by atoms with van der Waals surface area (Å²) >= 11 is 0. The summed E-state index contributed by atoms with van der Waals surface area (Å²) in [5, 5.41) is 9.71. The zero-order valence-corrected chi connectivity index (χ0v) is 15.8. The zero-order chi connectivity index (χ0) is 18.5. The molecule has 6 heteroatoms. The third-order valence-electron chi connectivity index (χ3n) is 5.49. The Balaban J connectivity index is 1.52. The van der Waals surface area contributed by atoms with Crippen molar-refractivity contribution in [3.63, 3.8) is 0 Å². The molecular formula is C21H22N6. The van der Waals surface area contributed by atoms with Crippen molar-refractivity contribution >= 4 is 5.52 Å². The average Bonchev–Trinajstić information content (AvgIpc) is 3.30. The molecule has 0 aliphatic heterocycles. The molecule has 4 aromatic rings. The van der Waals surface area contributed by atoms with Gasteiger partial charge in [0.1, 0.15) is 11.5 Å². The maximum absolute atomic E-state index is 4.88. The summed E-state index contributed by atoms with van der Waals surface area (Å²) in [5.74, 6) is 1.91. The third-order valence-corrected chi connectivity index (χ3v) is 5.49. The molecule has 1 aliphatic rings. The molecule has 0 N–H and O–H groups in total. The summed E-state index contributed by atoms with van der Waals surface area (Å²) in [6.07, 6.45) is 4.94. The van der Waals surface area contributed by atoms with Crippen LogP contribution in [0.3, 0.4) is 0 Å². The molecule has 4 heterocycles. The maximum Gasteiger partial charge on any atom is 0.127 e. The van der Waals surface area contributed by atoms with Crippen LogP contribution in [0.2, 0.25) is 0 Å². The Kier molecular flexibility index (Phi) is 3.60. The minimum Gasteiger partial charge on any atom is -0.264 e. The lowest BCUT2D eigenvalue weighted by atomic mass is 10.1. The van der Waals surface area contributed by atoms with Gasteiger partial charge in [-0.25, -0.2) is 9.50 Å². The van der Waals surface area contributed by atoms with Crippen molar-refractivity contribution in [2.24, 2.45) is 0 Å². The maximum atomic E-state index is 4.88. The van der Waals surface area contributed by atoms with Gasteiger partial charge in [-0.3, -0.25) is 9.67 Å². The molecule has 5 rings (SSSR count). The number of imidazole rings is 1. The second-order valence-electron chi connectivity index (χ2n) is 7.27. The summed E-state index contributed by atoms with van der Waals surface area (Å²) in [4.78, 5) is 8.78. The van der Waals surface area contributed by atoms with Crippen molar-refractivity contribution < 1.29 is 0 Å². The van der Waals surface area contributed by atoms with Gasteiger partial charge in [0.05, 0.1) is 22.6 Å². The Morgan fingerprint density at radius 1 is 1.11 bits per heavy atom. The molecule has 0 bridgehead atoms. The molecule has 0 saturated heterocycles. The highest BCUT2D eigenvalue weighted by Gasteiger charge is 2.41. The van der Waals surface area contributed by atoms with Crippen LogP contribution >= 0.6 is 0 Å². The first-order valence-electron chi connectivity index (χ1n) is 9.46. The lowest BCUT2D eigenvalue weighted by molar-refractivity contribution is 0.650. The number of fused-ring (bicyclic) bond motifs is 1. The average molecular weight is 358 g/mol. The van der Waals surface area contributed by atoms with Gasteiger partial charge in [-0.05, 0) is 62.9 Å². The van der Waals surface area contributed by atoms with E-state index in [1.54, 1.807) is 0 Å². The van der Waals surface area contributed by atoms with E-state index in [0.29, 0.717) is 11.8 Å². The first-order chi connectivity index (χ1) is 13.2. The van der Waals surface area contributed by atoms with Crippen molar-refractivity contribution in [3.8, 4) is 11.4 Å². The molecule has 0 aromatic carbocycles. The number of aryl methyl sites for hydroxylation is 3. The normalized spacial score (nSPS) is 18.9. The predicted molar refractivity (Wildman–Crippen MR) is 104 cm³/mol. The van der Waals surface area contributed by atoms with Gasteiger partial charge in [0.2, 0.25) is 0 Å². The van der Waals surface area contributed by atoms with E-state index >= 15 is 0 Å². The quantitative estimate of drug-likeness (QED) is 0.555. The number of aromatic nitrogens is 6. The number of rotatable bonds is 4. The van der Waals surface area contributed by atoms with Crippen molar-refractivity contribution in [1.29, 1.82) is 0 Å². The highest BCUT2D eigenvalue weighted by Crippen LogP contribution is 2.54. The van der Waals surface area contributed by atoms with E-state index in [2.05, 4.69) is 45.8 Å². The van der Waals surface area contributed by atoms with Crippen LogP contribution < -0.4 is 0 Å². The van der Waals surface area contributed by atoms with Crippen LogP contribution in [-0.2, 0) is 6.54 Å². The summed E-state index contributed by atoms with van der Waals surface area (Å²) in [6, 6.07) is 10.5.